The van der Waals surface area contributed by atoms with Crippen molar-refractivity contribution < 1.29 is 104 Å². The van der Waals surface area contributed by atoms with Crippen molar-refractivity contribution >= 4 is 42.0 Å². The molecule has 0 saturated carbocycles. The van der Waals surface area contributed by atoms with Gasteiger partial charge in [0.15, 0.2) is 0 Å². The Hall–Kier alpha value is -1.82. The summed E-state index contributed by atoms with van der Waals surface area (Å²) in [6, 6.07) is 22.7. The predicted octanol–water partition coefficient (Wildman–Crippen LogP) is -3.63. The van der Waals surface area contributed by atoms with Crippen molar-refractivity contribution in [1.82, 2.24) is 9.97 Å². The summed E-state index contributed by atoms with van der Waals surface area (Å²) in [7, 11) is -10.3. The van der Waals surface area contributed by atoms with Gasteiger partial charge in [-0.25, -0.2) is 4.98 Å². The number of hydrogen-bond acceptors (Lipinski definition) is 6. The number of nitrogens with zero attached hydrogens (tertiary/aromatic N) is 2. The average Bonchev–Trinajstić information content (AvgIpc) is 2.82. The number of aromatic nitrogens is 2. The Morgan fingerprint density at radius 3 is 1.64 bits per heavy atom. The molecule has 0 unspecified atom stereocenters. The van der Waals surface area contributed by atoms with Crippen molar-refractivity contribution in [2.45, 2.75) is 9.92 Å². The van der Waals surface area contributed by atoms with E-state index in [1.807, 2.05) is 30.3 Å². The van der Waals surface area contributed by atoms with Gasteiger partial charge in [0.2, 0.25) is 5.03 Å². The summed E-state index contributed by atoms with van der Waals surface area (Å²) in [4.78, 5) is 7.42. The van der Waals surface area contributed by atoms with Gasteiger partial charge in [-0.1, -0.05) is 72.8 Å². The molecule has 3 aromatic carbocycles. The Kier molecular flexibility index (Phi) is 13.5. The van der Waals surface area contributed by atoms with Crippen molar-refractivity contribution in [2.24, 2.45) is 0 Å². The molecule has 8 N–H and O–H groups in total. The van der Waals surface area contributed by atoms with Gasteiger partial charge >= 0.3 is 69.2 Å². The standard InChI is InChI=1S/C24H16N2O6S2.2Na.3H2O.2H/c27-33(28,29)23-20(16-9-5-2-6-10-16)19-12-11-18-17(15-7-3-1-4-8-15)13-14-25-21(18)22(19)26-24(23)34(30,31)32;;;;;;;/h1-14H,(H,27,28,29)(H,30,31,32);;;3*1H2;;/q;2*+1;;;;2*-1. The number of rotatable bonds is 4. The zero-order valence-corrected chi connectivity index (χ0v) is 26.5. The van der Waals surface area contributed by atoms with E-state index in [1.165, 1.54) is 6.20 Å². The van der Waals surface area contributed by atoms with Crippen LogP contribution in [-0.2, 0) is 20.2 Å². The average molecular weight is 595 g/mol. The third-order valence-corrected chi connectivity index (χ3v) is 7.27. The van der Waals surface area contributed by atoms with Gasteiger partial charge in [-0.05, 0) is 22.8 Å². The molecule has 11 nitrogen and oxygen atoms in total. The monoisotopic (exact) mass is 594 g/mol. The summed E-state index contributed by atoms with van der Waals surface area (Å²) in [6.07, 6.45) is 1.54. The topological polar surface area (TPSA) is 229 Å². The molecule has 0 aliphatic heterocycles. The zero-order chi connectivity index (χ0) is 24.1. The summed E-state index contributed by atoms with van der Waals surface area (Å²) in [5, 5.41) is -0.272. The number of fused-ring (bicyclic) bond motifs is 3. The van der Waals surface area contributed by atoms with Crippen LogP contribution in [0.1, 0.15) is 2.85 Å². The molecule has 5 aromatic rings. The second kappa shape index (κ2) is 14.2. The van der Waals surface area contributed by atoms with Crippen molar-refractivity contribution in [3.63, 3.8) is 0 Å². The van der Waals surface area contributed by atoms with Gasteiger partial charge in [-0.15, -0.1) is 0 Å². The van der Waals surface area contributed by atoms with Gasteiger partial charge in [-0.3, -0.25) is 14.1 Å². The SMILES string of the molecule is O.O.O.O=S(=O)(O)c1nc2c(ccc3c(-c4ccccc4)ccnc32)c(-c2ccccc2)c1S(=O)(=O)O.[H-].[H-].[Na+].[Na+]. The van der Waals surface area contributed by atoms with Crippen LogP contribution in [0, 0.1) is 0 Å². The van der Waals surface area contributed by atoms with Crippen molar-refractivity contribution in [3.05, 3.63) is 85.1 Å². The Morgan fingerprint density at radius 2 is 1.13 bits per heavy atom. The molecular formula is C24H24N2Na2O9S2. The summed E-state index contributed by atoms with van der Waals surface area (Å²) in [6.45, 7) is 0. The van der Waals surface area contributed by atoms with Gasteiger partial charge in [-0.2, -0.15) is 16.8 Å². The molecule has 0 bridgehead atoms. The van der Waals surface area contributed by atoms with Crippen molar-refractivity contribution in [1.29, 1.82) is 0 Å². The van der Waals surface area contributed by atoms with Crippen LogP contribution in [0.4, 0.5) is 0 Å². The predicted molar refractivity (Wildman–Crippen MR) is 141 cm³/mol. The molecule has 5 rings (SSSR count). The maximum atomic E-state index is 12.4. The first-order chi connectivity index (χ1) is 16.2. The smallest absolute Gasteiger partial charge is 1.00 e. The maximum Gasteiger partial charge on any atom is 1.00 e. The fraction of sp³-hybridized carbons (Fsp3) is 0. The third kappa shape index (κ3) is 7.10. The van der Waals surface area contributed by atoms with Crippen molar-refractivity contribution in [2.75, 3.05) is 0 Å². The Balaban J connectivity index is -0.00000206. The molecule has 0 aliphatic rings. The van der Waals surface area contributed by atoms with Gasteiger partial charge in [0.1, 0.15) is 4.90 Å². The molecule has 0 amide bonds. The van der Waals surface area contributed by atoms with Gasteiger partial charge < -0.3 is 19.3 Å². The molecule has 198 valence electrons. The summed E-state index contributed by atoms with van der Waals surface area (Å²) < 4.78 is 69.1. The van der Waals surface area contributed by atoms with E-state index in [1.54, 1.807) is 48.5 Å². The minimum Gasteiger partial charge on any atom is -1.00 e. The quantitative estimate of drug-likeness (QED) is 0.119. The van der Waals surface area contributed by atoms with Gasteiger partial charge in [0.05, 0.1) is 11.0 Å². The van der Waals surface area contributed by atoms with E-state index in [2.05, 4.69) is 9.97 Å². The number of hydrogen-bond donors (Lipinski definition) is 2. The molecule has 2 aromatic heterocycles. The Bertz CT molecular complexity index is 1820. The van der Waals surface area contributed by atoms with E-state index in [0.717, 1.165) is 11.1 Å². The number of benzene rings is 3. The van der Waals surface area contributed by atoms with E-state index in [0.29, 0.717) is 16.5 Å². The Morgan fingerprint density at radius 1 is 0.615 bits per heavy atom. The van der Waals surface area contributed by atoms with E-state index in [-0.39, 0.29) is 94.9 Å². The Labute approximate surface area is 271 Å². The van der Waals surface area contributed by atoms with Crippen LogP contribution in [0.3, 0.4) is 0 Å². The number of pyridine rings is 2. The summed E-state index contributed by atoms with van der Waals surface area (Å²) in [5.41, 5.74) is 2.28. The first-order valence-corrected chi connectivity index (χ1v) is 12.9. The maximum absolute atomic E-state index is 12.4. The van der Waals surface area contributed by atoms with E-state index in [4.69, 9.17) is 0 Å². The first-order valence-electron chi connectivity index (χ1n) is 9.97. The normalized spacial score (nSPS) is 10.7. The van der Waals surface area contributed by atoms with E-state index in [9.17, 15) is 25.9 Å². The largest absolute Gasteiger partial charge is 1.00 e. The van der Waals surface area contributed by atoms with Crippen molar-refractivity contribution in [3.8, 4) is 22.3 Å². The van der Waals surface area contributed by atoms with Crippen LogP contribution in [-0.4, -0.2) is 52.3 Å². The van der Waals surface area contributed by atoms with Crippen LogP contribution in [0.2, 0.25) is 0 Å². The molecular weight excluding hydrogens is 570 g/mol. The fourth-order valence-corrected chi connectivity index (χ4v) is 6.00. The molecule has 39 heavy (non-hydrogen) atoms. The summed E-state index contributed by atoms with van der Waals surface area (Å²) in [5.74, 6) is 0. The molecule has 15 heteroatoms. The first kappa shape index (κ1) is 37.2. The van der Waals surface area contributed by atoms with Crippen LogP contribution in [0.25, 0.3) is 44.1 Å². The van der Waals surface area contributed by atoms with Gasteiger partial charge in [0, 0.05) is 22.5 Å². The molecule has 0 saturated heterocycles. The third-order valence-electron chi connectivity index (χ3n) is 5.44. The van der Waals surface area contributed by atoms with Crippen LogP contribution in [0.15, 0.2) is 95.0 Å². The van der Waals surface area contributed by atoms with Crippen LogP contribution >= 0.6 is 0 Å². The molecule has 0 aliphatic carbocycles. The summed E-state index contributed by atoms with van der Waals surface area (Å²) >= 11 is 0. The van der Waals surface area contributed by atoms with Gasteiger partial charge in [0.25, 0.3) is 10.1 Å². The van der Waals surface area contributed by atoms with E-state index < -0.39 is 30.2 Å². The molecule has 0 radical (unpaired) electrons. The molecule has 2 heterocycles. The second-order valence-electron chi connectivity index (χ2n) is 7.52. The minimum atomic E-state index is -5.15. The zero-order valence-electron chi connectivity index (χ0n) is 22.8. The van der Waals surface area contributed by atoms with Crippen LogP contribution in [0.5, 0.6) is 0 Å². The fourth-order valence-electron chi connectivity index (χ4n) is 4.08. The molecule has 0 fully saturated rings. The minimum absolute atomic E-state index is 0. The second-order valence-corrected chi connectivity index (χ2v) is 10.2. The molecule has 0 spiro atoms. The van der Waals surface area contributed by atoms with Crippen LogP contribution < -0.4 is 59.1 Å². The molecule has 0 atom stereocenters. The van der Waals surface area contributed by atoms with E-state index >= 15 is 0 Å².